The van der Waals surface area contributed by atoms with Crippen LogP contribution >= 0.6 is 0 Å². The Kier molecular flexibility index (Phi) is 8.94. The smallest absolute Gasteiger partial charge is 0.251 e. The summed E-state index contributed by atoms with van der Waals surface area (Å²) in [5.74, 6) is -0.379. The number of nitrogens with one attached hydrogen (secondary N) is 2. The average molecular weight is 382 g/mol. The van der Waals surface area contributed by atoms with Crippen molar-refractivity contribution >= 4 is 11.8 Å². The maximum Gasteiger partial charge on any atom is 0.251 e. The highest BCUT2D eigenvalue weighted by molar-refractivity contribution is 5.97. The minimum atomic E-state index is -0.189. The topological polar surface area (TPSA) is 147 Å². The van der Waals surface area contributed by atoms with Gasteiger partial charge in [-0.05, 0) is 59.7 Å². The highest BCUT2D eigenvalue weighted by Gasteiger charge is 2.09. The molecule has 0 fully saturated rings. The zero-order chi connectivity index (χ0) is 18.2. The van der Waals surface area contributed by atoms with Crippen LogP contribution in [0.3, 0.4) is 0 Å². The van der Waals surface area contributed by atoms with Crippen molar-refractivity contribution < 1.29 is 20.5 Å². The predicted molar refractivity (Wildman–Crippen MR) is 104 cm³/mol. The van der Waals surface area contributed by atoms with Crippen molar-refractivity contribution in [3.05, 3.63) is 95.6 Å². The third-order valence-electron chi connectivity index (χ3n) is 3.81. The van der Waals surface area contributed by atoms with Crippen LogP contribution in [-0.2, 0) is 13.1 Å². The van der Waals surface area contributed by atoms with E-state index in [1.54, 1.807) is 49.1 Å². The van der Waals surface area contributed by atoms with E-state index in [4.69, 9.17) is 0 Å². The van der Waals surface area contributed by atoms with Crippen LogP contribution in [0.5, 0.6) is 0 Å². The maximum atomic E-state index is 12.2. The first-order chi connectivity index (χ1) is 12.7. The van der Waals surface area contributed by atoms with E-state index in [-0.39, 0.29) is 22.8 Å². The number of nitrogens with zero attached hydrogens (tertiary/aromatic N) is 2. The van der Waals surface area contributed by atoms with Crippen molar-refractivity contribution in [1.29, 1.82) is 0 Å². The molecular weight excluding hydrogens is 360 g/mol. The van der Waals surface area contributed by atoms with Gasteiger partial charge in [-0.15, -0.1) is 0 Å². The van der Waals surface area contributed by atoms with E-state index >= 15 is 0 Å². The predicted octanol–water partition coefficient (Wildman–Crippen LogP) is 0.687. The van der Waals surface area contributed by atoms with Crippen LogP contribution in [0, 0.1) is 0 Å². The molecule has 0 spiro atoms. The van der Waals surface area contributed by atoms with E-state index < -0.39 is 0 Å². The monoisotopic (exact) mass is 382 g/mol. The van der Waals surface area contributed by atoms with Gasteiger partial charge in [0.15, 0.2) is 0 Å². The fourth-order valence-electron chi connectivity index (χ4n) is 2.34. The lowest BCUT2D eigenvalue weighted by Crippen LogP contribution is -2.24. The van der Waals surface area contributed by atoms with Gasteiger partial charge in [0.25, 0.3) is 11.8 Å². The SMILES string of the molecule is O.O.O=C(NCc1ccncc1)c1ccc(C(=O)NCc2ccncc2)cc1. The number of amides is 2. The van der Waals surface area contributed by atoms with Crippen LogP contribution in [0.4, 0.5) is 0 Å². The van der Waals surface area contributed by atoms with Crippen molar-refractivity contribution in [3.63, 3.8) is 0 Å². The Morgan fingerprint density at radius 1 is 0.607 bits per heavy atom. The van der Waals surface area contributed by atoms with Crippen LogP contribution in [0.15, 0.2) is 73.3 Å². The summed E-state index contributed by atoms with van der Waals surface area (Å²) in [6, 6.07) is 13.9. The van der Waals surface area contributed by atoms with Gasteiger partial charge in [-0.1, -0.05) is 0 Å². The number of carbonyl (C=O) groups excluding carboxylic acids is 2. The van der Waals surface area contributed by atoms with Crippen molar-refractivity contribution in [2.75, 3.05) is 0 Å². The van der Waals surface area contributed by atoms with Crippen molar-refractivity contribution in [2.45, 2.75) is 13.1 Å². The van der Waals surface area contributed by atoms with Gasteiger partial charge in [-0.25, -0.2) is 0 Å². The Morgan fingerprint density at radius 3 is 1.25 bits per heavy atom. The molecule has 6 N–H and O–H groups in total. The second kappa shape index (κ2) is 11.2. The first-order valence-corrected chi connectivity index (χ1v) is 8.16. The standard InChI is InChI=1S/C20H18N4O2.2H2O/c25-19(23-13-15-5-9-21-10-6-15)17-1-2-18(4-3-17)20(26)24-14-16-7-11-22-12-8-16;;/h1-12H,13-14H2,(H,23,25)(H,24,26);2*1H2. The molecule has 2 amide bonds. The maximum absolute atomic E-state index is 12.2. The number of hydrogen-bond acceptors (Lipinski definition) is 4. The lowest BCUT2D eigenvalue weighted by atomic mass is 10.1. The van der Waals surface area contributed by atoms with Gasteiger partial charge in [0, 0.05) is 49.0 Å². The van der Waals surface area contributed by atoms with Crippen LogP contribution in [0.1, 0.15) is 31.8 Å². The molecule has 1 aromatic carbocycles. The van der Waals surface area contributed by atoms with E-state index in [2.05, 4.69) is 20.6 Å². The third kappa shape index (κ3) is 6.27. The molecule has 3 aromatic rings. The van der Waals surface area contributed by atoms with E-state index in [0.29, 0.717) is 24.2 Å². The summed E-state index contributed by atoms with van der Waals surface area (Å²) in [5.41, 5.74) is 2.95. The fourth-order valence-corrected chi connectivity index (χ4v) is 2.34. The molecule has 0 aliphatic carbocycles. The molecule has 28 heavy (non-hydrogen) atoms. The molecular formula is C20H22N4O4. The zero-order valence-electron chi connectivity index (χ0n) is 15.1. The van der Waals surface area contributed by atoms with Gasteiger partial charge in [0.1, 0.15) is 0 Å². The second-order valence-electron chi connectivity index (χ2n) is 5.65. The molecule has 0 bridgehead atoms. The number of carbonyl (C=O) groups is 2. The molecule has 0 aliphatic heterocycles. The van der Waals surface area contributed by atoms with Gasteiger partial charge in [0.05, 0.1) is 0 Å². The molecule has 2 aromatic heterocycles. The Bertz CT molecular complexity index is 797. The van der Waals surface area contributed by atoms with E-state index in [9.17, 15) is 9.59 Å². The molecule has 0 unspecified atom stereocenters. The molecule has 0 aliphatic rings. The Labute approximate surface area is 162 Å². The van der Waals surface area contributed by atoms with Gasteiger partial charge in [-0.3, -0.25) is 19.6 Å². The van der Waals surface area contributed by atoms with E-state index in [1.807, 2.05) is 24.3 Å². The Morgan fingerprint density at radius 2 is 0.929 bits per heavy atom. The summed E-state index contributed by atoms with van der Waals surface area (Å²) >= 11 is 0. The summed E-state index contributed by atoms with van der Waals surface area (Å²) in [4.78, 5) is 32.2. The molecule has 3 rings (SSSR count). The largest absolute Gasteiger partial charge is 0.412 e. The van der Waals surface area contributed by atoms with E-state index in [0.717, 1.165) is 11.1 Å². The fraction of sp³-hybridized carbons (Fsp3) is 0.100. The lowest BCUT2D eigenvalue weighted by molar-refractivity contribution is 0.0939. The molecule has 0 radical (unpaired) electrons. The number of hydrogen-bond donors (Lipinski definition) is 2. The lowest BCUT2D eigenvalue weighted by Gasteiger charge is -2.07. The van der Waals surface area contributed by atoms with Crippen molar-refractivity contribution in [3.8, 4) is 0 Å². The summed E-state index contributed by atoms with van der Waals surface area (Å²) in [6.07, 6.45) is 6.73. The van der Waals surface area contributed by atoms with Gasteiger partial charge < -0.3 is 21.6 Å². The summed E-state index contributed by atoms with van der Waals surface area (Å²) < 4.78 is 0. The van der Waals surface area contributed by atoms with Crippen LogP contribution in [0.25, 0.3) is 0 Å². The van der Waals surface area contributed by atoms with Crippen LogP contribution in [-0.4, -0.2) is 32.7 Å². The van der Waals surface area contributed by atoms with Crippen molar-refractivity contribution in [2.24, 2.45) is 0 Å². The van der Waals surface area contributed by atoms with E-state index in [1.165, 1.54) is 0 Å². The summed E-state index contributed by atoms with van der Waals surface area (Å²) in [5, 5.41) is 5.67. The van der Waals surface area contributed by atoms with Gasteiger partial charge >= 0.3 is 0 Å². The number of pyridine rings is 2. The first-order valence-electron chi connectivity index (χ1n) is 8.16. The quantitative estimate of drug-likeness (QED) is 0.645. The second-order valence-corrected chi connectivity index (χ2v) is 5.65. The number of benzene rings is 1. The number of aromatic nitrogens is 2. The molecule has 2 heterocycles. The molecule has 146 valence electrons. The average Bonchev–Trinajstić information content (AvgIpc) is 2.72. The first kappa shape index (κ1) is 22.4. The van der Waals surface area contributed by atoms with Gasteiger partial charge in [-0.2, -0.15) is 0 Å². The molecule has 8 nitrogen and oxygen atoms in total. The Balaban J connectivity index is 0.00000196. The minimum absolute atomic E-state index is 0. The summed E-state index contributed by atoms with van der Waals surface area (Å²) in [7, 11) is 0. The van der Waals surface area contributed by atoms with Crippen LogP contribution < -0.4 is 10.6 Å². The highest BCUT2D eigenvalue weighted by Crippen LogP contribution is 2.06. The molecule has 0 atom stereocenters. The van der Waals surface area contributed by atoms with Crippen molar-refractivity contribution in [1.82, 2.24) is 20.6 Å². The minimum Gasteiger partial charge on any atom is -0.412 e. The molecule has 0 saturated heterocycles. The molecule has 0 saturated carbocycles. The zero-order valence-corrected chi connectivity index (χ0v) is 15.1. The molecule has 8 heteroatoms. The Hall–Kier alpha value is -3.62. The normalized spacial score (nSPS) is 9.43. The summed E-state index contributed by atoms with van der Waals surface area (Å²) in [6.45, 7) is 0.852. The third-order valence-corrected chi connectivity index (χ3v) is 3.81. The van der Waals surface area contributed by atoms with Gasteiger partial charge in [0.2, 0.25) is 0 Å². The van der Waals surface area contributed by atoms with Crippen LogP contribution in [0.2, 0.25) is 0 Å². The highest BCUT2D eigenvalue weighted by atomic mass is 16.2. The number of rotatable bonds is 6.